The van der Waals surface area contributed by atoms with Gasteiger partial charge in [0, 0.05) is 28.8 Å². The van der Waals surface area contributed by atoms with Gasteiger partial charge >= 0.3 is 12.1 Å². The summed E-state index contributed by atoms with van der Waals surface area (Å²) in [5, 5.41) is 17.1. The number of fused-ring (bicyclic) bond motifs is 1. The van der Waals surface area contributed by atoms with E-state index in [4.69, 9.17) is 9.84 Å². The van der Waals surface area contributed by atoms with E-state index in [1.54, 1.807) is 26.0 Å². The van der Waals surface area contributed by atoms with Crippen molar-refractivity contribution in [3.63, 3.8) is 0 Å². The highest BCUT2D eigenvalue weighted by atomic mass is 19.4. The molecule has 1 saturated carbocycles. The number of carboxylic acids is 1. The maximum atomic E-state index is 13.1. The quantitative estimate of drug-likeness (QED) is 0.393. The number of anilines is 1. The number of amides is 1. The third kappa shape index (κ3) is 6.01. The van der Waals surface area contributed by atoms with E-state index in [-0.39, 0.29) is 17.6 Å². The number of nitrogens with one attached hydrogen (secondary N) is 1. The van der Waals surface area contributed by atoms with Crippen molar-refractivity contribution in [3.8, 4) is 0 Å². The fraction of sp³-hybridized carbons (Fsp3) is 0.423. The van der Waals surface area contributed by atoms with E-state index >= 15 is 0 Å². The third-order valence-corrected chi connectivity index (χ3v) is 6.69. The Morgan fingerprint density at radius 1 is 1.18 bits per heavy atom. The van der Waals surface area contributed by atoms with Gasteiger partial charge in [0.2, 0.25) is 0 Å². The van der Waals surface area contributed by atoms with E-state index in [1.807, 2.05) is 10.9 Å². The van der Waals surface area contributed by atoms with Crippen molar-refractivity contribution in [2.24, 2.45) is 5.92 Å². The van der Waals surface area contributed by atoms with Gasteiger partial charge in [0.1, 0.15) is 24.3 Å². The van der Waals surface area contributed by atoms with Gasteiger partial charge in [-0.2, -0.15) is 18.3 Å². The number of aldehydes is 1. The minimum Gasteiger partial charge on any atom is -0.480 e. The van der Waals surface area contributed by atoms with E-state index in [9.17, 15) is 27.6 Å². The van der Waals surface area contributed by atoms with Crippen LogP contribution in [0.25, 0.3) is 10.9 Å². The number of hydrogen-bond donors (Lipinski definition) is 2. The molecule has 1 fully saturated rings. The number of alkyl halides is 3. The molecule has 2 N–H and O–H groups in total. The molecule has 1 aromatic carbocycles. The van der Waals surface area contributed by atoms with Crippen molar-refractivity contribution in [2.45, 2.75) is 57.3 Å². The molecule has 1 aliphatic carbocycles. The molecule has 0 radical (unpaired) electrons. The molecule has 3 aromatic rings. The molecule has 1 aliphatic rings. The molecule has 0 unspecified atom stereocenters. The number of pyridine rings is 1. The number of benzene rings is 1. The molecule has 2 aromatic heterocycles. The summed E-state index contributed by atoms with van der Waals surface area (Å²) in [4.78, 5) is 38.6. The van der Waals surface area contributed by atoms with Crippen LogP contribution in [-0.2, 0) is 26.1 Å². The lowest BCUT2D eigenvalue weighted by molar-refractivity contribution is -0.148. The maximum absolute atomic E-state index is 13.1. The van der Waals surface area contributed by atoms with Crippen LogP contribution >= 0.6 is 0 Å². The molecule has 202 valence electrons. The topological polar surface area (TPSA) is 123 Å². The van der Waals surface area contributed by atoms with Crippen LogP contribution in [-0.4, -0.2) is 44.6 Å². The molecule has 0 saturated heterocycles. The Balaban J connectivity index is 1.71. The van der Waals surface area contributed by atoms with E-state index in [1.165, 1.54) is 6.07 Å². The van der Waals surface area contributed by atoms with Crippen molar-refractivity contribution < 1.29 is 37.4 Å². The number of ether oxygens (including phenoxy) is 1. The molecule has 2 heterocycles. The molecule has 0 spiro atoms. The summed E-state index contributed by atoms with van der Waals surface area (Å²) in [6.45, 7) is 2.63. The fourth-order valence-electron chi connectivity index (χ4n) is 4.61. The largest absolute Gasteiger partial charge is 0.480 e. The summed E-state index contributed by atoms with van der Waals surface area (Å²) in [6.07, 6.45) is 1.16. The van der Waals surface area contributed by atoms with Crippen molar-refractivity contribution in [1.29, 1.82) is 0 Å². The van der Waals surface area contributed by atoms with Gasteiger partial charge in [-0.15, -0.1) is 0 Å². The fourth-order valence-corrected chi connectivity index (χ4v) is 4.61. The average Bonchev–Trinajstić information content (AvgIpc) is 3.30. The Morgan fingerprint density at radius 3 is 2.53 bits per heavy atom. The van der Waals surface area contributed by atoms with Gasteiger partial charge in [0.25, 0.3) is 5.91 Å². The Labute approximate surface area is 216 Å². The van der Waals surface area contributed by atoms with E-state index in [0.29, 0.717) is 16.5 Å². The Morgan fingerprint density at radius 2 is 1.89 bits per heavy atom. The second-order valence-corrected chi connectivity index (χ2v) is 9.82. The number of halogens is 3. The lowest BCUT2D eigenvalue weighted by atomic mass is 9.87. The van der Waals surface area contributed by atoms with Crippen LogP contribution in [0.4, 0.5) is 18.9 Å². The summed E-state index contributed by atoms with van der Waals surface area (Å²) in [5.41, 5.74) is -1.65. The highest BCUT2D eigenvalue weighted by molar-refractivity contribution is 6.04. The standard InChI is InChI=1S/C26H27F3N4O5/c1-25(2,38-14-23(35)36)18-11-20-16(12-33(32-20)17-8-6-15(13-34)7-9-17)10-21(18)31-24(37)19-4-3-5-22(30-19)26(27,28)29/h3-5,10-13,15,17H,6-9,14H2,1-2H3,(H,31,37)(H,35,36). The van der Waals surface area contributed by atoms with Gasteiger partial charge in [-0.25, -0.2) is 9.78 Å². The van der Waals surface area contributed by atoms with Crippen LogP contribution in [0.5, 0.6) is 0 Å². The number of nitrogens with zero attached hydrogens (tertiary/aromatic N) is 3. The Bertz CT molecular complexity index is 1360. The predicted molar refractivity (Wildman–Crippen MR) is 131 cm³/mol. The van der Waals surface area contributed by atoms with Crippen LogP contribution < -0.4 is 5.32 Å². The molecule has 1 amide bonds. The summed E-state index contributed by atoms with van der Waals surface area (Å²) < 4.78 is 46.7. The van der Waals surface area contributed by atoms with Gasteiger partial charge in [-0.3, -0.25) is 9.48 Å². The zero-order valence-corrected chi connectivity index (χ0v) is 20.8. The SMILES string of the molecule is CC(C)(OCC(=O)O)c1cc2nn(C3CCC(C=O)CC3)cc2cc1NC(=O)c1cccc(C(F)(F)F)n1. The molecule has 9 nitrogen and oxygen atoms in total. The van der Waals surface area contributed by atoms with Crippen molar-refractivity contribution in [1.82, 2.24) is 14.8 Å². The first-order chi connectivity index (χ1) is 17.9. The number of carbonyl (C=O) groups excluding carboxylic acids is 2. The van der Waals surface area contributed by atoms with Crippen LogP contribution in [0.15, 0.2) is 36.5 Å². The molecule has 4 rings (SSSR count). The highest BCUT2D eigenvalue weighted by Crippen LogP contribution is 2.37. The second-order valence-electron chi connectivity index (χ2n) is 9.82. The van der Waals surface area contributed by atoms with E-state index in [2.05, 4.69) is 15.4 Å². The number of aliphatic carboxylic acids is 1. The van der Waals surface area contributed by atoms with E-state index < -0.39 is 41.6 Å². The zero-order valence-electron chi connectivity index (χ0n) is 20.8. The summed E-state index contributed by atoms with van der Waals surface area (Å²) in [6, 6.07) is 6.42. The minimum absolute atomic E-state index is 0.0429. The number of aromatic nitrogens is 3. The third-order valence-electron chi connectivity index (χ3n) is 6.69. The number of carbonyl (C=O) groups is 3. The predicted octanol–water partition coefficient (Wildman–Crippen LogP) is 4.97. The van der Waals surface area contributed by atoms with Gasteiger partial charge in [0.05, 0.1) is 17.2 Å². The molecular formula is C26H27F3N4O5. The number of rotatable bonds is 8. The van der Waals surface area contributed by atoms with Crippen LogP contribution in [0, 0.1) is 5.92 Å². The average molecular weight is 533 g/mol. The van der Waals surface area contributed by atoms with Gasteiger partial charge in [0.15, 0.2) is 0 Å². The first kappa shape index (κ1) is 27.2. The first-order valence-electron chi connectivity index (χ1n) is 12.1. The van der Waals surface area contributed by atoms with Crippen molar-refractivity contribution in [3.05, 3.63) is 53.5 Å². The lowest BCUT2D eigenvalue weighted by Gasteiger charge is -2.27. The van der Waals surface area contributed by atoms with Gasteiger partial charge in [-0.05, 0) is 63.8 Å². The van der Waals surface area contributed by atoms with E-state index in [0.717, 1.165) is 44.1 Å². The Kier molecular flexibility index (Phi) is 7.54. The molecule has 0 atom stereocenters. The summed E-state index contributed by atoms with van der Waals surface area (Å²) in [7, 11) is 0. The maximum Gasteiger partial charge on any atom is 0.433 e. The highest BCUT2D eigenvalue weighted by Gasteiger charge is 2.33. The first-order valence-corrected chi connectivity index (χ1v) is 12.1. The van der Waals surface area contributed by atoms with Crippen LogP contribution in [0.1, 0.15) is 67.3 Å². The smallest absolute Gasteiger partial charge is 0.433 e. The monoisotopic (exact) mass is 532 g/mol. The van der Waals surface area contributed by atoms with Crippen molar-refractivity contribution in [2.75, 3.05) is 11.9 Å². The van der Waals surface area contributed by atoms with Gasteiger partial charge in [-0.1, -0.05) is 6.07 Å². The second kappa shape index (κ2) is 10.5. The molecule has 0 aliphatic heterocycles. The van der Waals surface area contributed by atoms with Crippen molar-refractivity contribution >= 4 is 34.8 Å². The number of carboxylic acid groups (broad SMARTS) is 1. The normalized spacial score (nSPS) is 18.3. The Hall–Kier alpha value is -3.80. The summed E-state index contributed by atoms with van der Waals surface area (Å²) >= 11 is 0. The van der Waals surface area contributed by atoms with Crippen LogP contribution in [0.3, 0.4) is 0 Å². The minimum atomic E-state index is -4.72. The zero-order chi connectivity index (χ0) is 27.7. The molecular weight excluding hydrogens is 505 g/mol. The van der Waals surface area contributed by atoms with Crippen LogP contribution in [0.2, 0.25) is 0 Å². The summed E-state index contributed by atoms with van der Waals surface area (Å²) in [5.74, 6) is -2.01. The molecule has 38 heavy (non-hydrogen) atoms. The lowest BCUT2D eigenvalue weighted by Crippen LogP contribution is -2.27. The number of hydrogen-bond acceptors (Lipinski definition) is 6. The molecule has 0 bridgehead atoms. The molecule has 12 heteroatoms. The van der Waals surface area contributed by atoms with Gasteiger partial charge < -0.3 is 20.0 Å².